The van der Waals surface area contributed by atoms with E-state index in [2.05, 4.69) is 12.1 Å². The number of unbranched alkanes of at least 4 members (excludes halogenated alkanes) is 1. The number of aryl methyl sites for hydroxylation is 1. The second-order valence-corrected chi connectivity index (χ2v) is 5.91. The molecular weight excluding hydrogens is 262 g/mol. The second kappa shape index (κ2) is 7.99. The Labute approximate surface area is 126 Å². The second-order valence-electron chi connectivity index (χ2n) is 5.91. The summed E-state index contributed by atoms with van der Waals surface area (Å²) < 4.78 is 0. The van der Waals surface area contributed by atoms with Crippen molar-refractivity contribution in [2.45, 2.75) is 51.0 Å². The number of nitrogens with two attached hydrogens (primary N) is 1. The summed E-state index contributed by atoms with van der Waals surface area (Å²) in [7, 11) is 0. The molecule has 0 atom stereocenters. The van der Waals surface area contributed by atoms with E-state index < -0.39 is 0 Å². The molecule has 0 bridgehead atoms. The van der Waals surface area contributed by atoms with Crippen LogP contribution in [0.4, 0.5) is 0 Å². The van der Waals surface area contributed by atoms with Gasteiger partial charge in [0.25, 0.3) is 0 Å². The highest BCUT2D eigenvalue weighted by atomic mass is 16.3. The van der Waals surface area contributed by atoms with Crippen LogP contribution in [0.25, 0.3) is 0 Å². The molecule has 0 aliphatic heterocycles. The Morgan fingerprint density at radius 3 is 2.48 bits per heavy atom. The lowest BCUT2D eigenvalue weighted by atomic mass is 9.81. The predicted octanol–water partition coefficient (Wildman–Crippen LogP) is 2.97. The van der Waals surface area contributed by atoms with Crippen molar-refractivity contribution in [1.29, 1.82) is 0 Å². The van der Waals surface area contributed by atoms with E-state index in [0.29, 0.717) is 0 Å². The molecular formula is C18H25NO2. The first kappa shape index (κ1) is 15.8. The van der Waals surface area contributed by atoms with E-state index in [1.54, 1.807) is 0 Å². The van der Waals surface area contributed by atoms with Crippen LogP contribution in [0.15, 0.2) is 42.0 Å². The molecule has 0 saturated heterocycles. The largest absolute Gasteiger partial charge is 0.393 e. The molecule has 21 heavy (non-hydrogen) atoms. The number of hydrogen-bond donors (Lipinski definition) is 2. The van der Waals surface area contributed by atoms with Gasteiger partial charge < -0.3 is 10.8 Å². The minimum Gasteiger partial charge on any atom is -0.393 e. The van der Waals surface area contributed by atoms with Crippen molar-refractivity contribution in [3.63, 3.8) is 0 Å². The Balaban J connectivity index is 1.85. The maximum atomic E-state index is 11.6. The van der Waals surface area contributed by atoms with Gasteiger partial charge in [-0.2, -0.15) is 0 Å². The molecule has 0 spiro atoms. The van der Waals surface area contributed by atoms with Gasteiger partial charge in [-0.25, -0.2) is 0 Å². The standard InChI is InChI=1S/C18H25NO2/c19-18(21)17(15-10-12-16(20)13-11-15)9-5-4-8-14-6-2-1-3-7-14/h1-3,6-7,9,15-16,20H,4-5,8,10-13H2,(H2,19,21)/b17-9+. The van der Waals surface area contributed by atoms with Crippen LogP contribution in [0.1, 0.15) is 44.1 Å². The average molecular weight is 287 g/mol. The van der Waals surface area contributed by atoms with E-state index in [0.717, 1.165) is 50.5 Å². The fraction of sp³-hybridized carbons (Fsp3) is 0.500. The summed E-state index contributed by atoms with van der Waals surface area (Å²) in [5.74, 6) is -0.0567. The summed E-state index contributed by atoms with van der Waals surface area (Å²) in [6.45, 7) is 0. The summed E-state index contributed by atoms with van der Waals surface area (Å²) in [4.78, 5) is 11.6. The lowest BCUT2D eigenvalue weighted by molar-refractivity contribution is -0.115. The van der Waals surface area contributed by atoms with Crippen LogP contribution in [0.5, 0.6) is 0 Å². The van der Waals surface area contributed by atoms with Crippen LogP contribution in [0, 0.1) is 5.92 Å². The summed E-state index contributed by atoms with van der Waals surface area (Å²) in [5, 5.41) is 9.55. The molecule has 0 aromatic heterocycles. The zero-order valence-electron chi connectivity index (χ0n) is 12.5. The van der Waals surface area contributed by atoms with Crippen LogP contribution in [-0.4, -0.2) is 17.1 Å². The number of allylic oxidation sites excluding steroid dienone is 1. The maximum absolute atomic E-state index is 11.6. The quantitative estimate of drug-likeness (QED) is 0.624. The number of benzene rings is 1. The third-order valence-electron chi connectivity index (χ3n) is 4.30. The predicted molar refractivity (Wildman–Crippen MR) is 84.6 cm³/mol. The van der Waals surface area contributed by atoms with E-state index in [9.17, 15) is 9.90 Å². The van der Waals surface area contributed by atoms with Gasteiger partial charge in [-0.3, -0.25) is 4.79 Å². The molecule has 1 aromatic rings. The van der Waals surface area contributed by atoms with Gasteiger partial charge in [-0.1, -0.05) is 36.4 Å². The van der Waals surface area contributed by atoms with Gasteiger partial charge in [0.15, 0.2) is 0 Å². The smallest absolute Gasteiger partial charge is 0.244 e. The highest BCUT2D eigenvalue weighted by Crippen LogP contribution is 2.30. The van der Waals surface area contributed by atoms with Crippen LogP contribution >= 0.6 is 0 Å². The maximum Gasteiger partial charge on any atom is 0.244 e. The Bertz CT molecular complexity index is 473. The van der Waals surface area contributed by atoms with Crippen molar-refractivity contribution < 1.29 is 9.90 Å². The Hall–Kier alpha value is -1.61. The Morgan fingerprint density at radius 1 is 1.19 bits per heavy atom. The molecule has 114 valence electrons. The molecule has 0 radical (unpaired) electrons. The minimum absolute atomic E-state index is 0.201. The van der Waals surface area contributed by atoms with Crippen LogP contribution in [0.2, 0.25) is 0 Å². The van der Waals surface area contributed by atoms with Crippen LogP contribution < -0.4 is 5.73 Å². The molecule has 1 aliphatic carbocycles. The number of aliphatic hydroxyl groups is 1. The zero-order valence-corrected chi connectivity index (χ0v) is 12.5. The number of primary amides is 1. The van der Waals surface area contributed by atoms with Gasteiger partial charge in [-0.05, 0) is 56.4 Å². The van der Waals surface area contributed by atoms with Crippen LogP contribution in [-0.2, 0) is 11.2 Å². The van der Waals surface area contributed by atoms with Crippen molar-refractivity contribution in [3.8, 4) is 0 Å². The Morgan fingerprint density at radius 2 is 1.86 bits per heavy atom. The molecule has 1 amide bonds. The molecule has 1 aromatic carbocycles. The highest BCUT2D eigenvalue weighted by Gasteiger charge is 2.24. The van der Waals surface area contributed by atoms with Crippen molar-refractivity contribution in [2.24, 2.45) is 11.7 Å². The van der Waals surface area contributed by atoms with Crippen molar-refractivity contribution in [2.75, 3.05) is 0 Å². The topological polar surface area (TPSA) is 63.3 Å². The number of carbonyl (C=O) groups excluding carboxylic acids is 1. The number of amides is 1. The summed E-state index contributed by atoms with van der Waals surface area (Å²) in [6.07, 6.45) is 8.04. The molecule has 1 fully saturated rings. The highest BCUT2D eigenvalue weighted by molar-refractivity contribution is 5.92. The number of rotatable bonds is 6. The average Bonchev–Trinajstić information content (AvgIpc) is 2.49. The van der Waals surface area contributed by atoms with Crippen molar-refractivity contribution in [3.05, 3.63) is 47.5 Å². The molecule has 1 saturated carbocycles. The molecule has 3 N–H and O–H groups in total. The summed E-state index contributed by atoms with van der Waals surface area (Å²) in [6, 6.07) is 10.4. The van der Waals surface area contributed by atoms with E-state index >= 15 is 0 Å². The SMILES string of the molecule is NC(=O)/C(=C/CCCc1ccccc1)C1CCC(O)CC1. The molecule has 3 heteroatoms. The molecule has 1 aliphatic rings. The van der Waals surface area contributed by atoms with Gasteiger partial charge in [0.05, 0.1) is 6.10 Å². The first-order valence-electron chi connectivity index (χ1n) is 7.88. The minimum atomic E-state index is -0.295. The normalized spacial score (nSPS) is 23.0. The molecule has 2 rings (SSSR count). The molecule has 0 heterocycles. The van der Waals surface area contributed by atoms with Crippen LogP contribution in [0.3, 0.4) is 0 Å². The first-order chi connectivity index (χ1) is 10.2. The lowest BCUT2D eigenvalue weighted by Crippen LogP contribution is -2.26. The fourth-order valence-electron chi connectivity index (χ4n) is 3.06. The molecule has 3 nitrogen and oxygen atoms in total. The third-order valence-corrected chi connectivity index (χ3v) is 4.30. The number of hydrogen-bond acceptors (Lipinski definition) is 2. The zero-order chi connectivity index (χ0) is 15.1. The van der Waals surface area contributed by atoms with E-state index in [1.165, 1.54) is 5.56 Å². The van der Waals surface area contributed by atoms with Gasteiger partial charge in [-0.15, -0.1) is 0 Å². The monoisotopic (exact) mass is 287 g/mol. The number of carbonyl (C=O) groups is 1. The molecule has 0 unspecified atom stereocenters. The van der Waals surface area contributed by atoms with E-state index in [1.807, 2.05) is 24.3 Å². The number of aliphatic hydroxyl groups excluding tert-OH is 1. The first-order valence-corrected chi connectivity index (χ1v) is 7.88. The summed E-state index contributed by atoms with van der Waals surface area (Å²) >= 11 is 0. The third kappa shape index (κ3) is 5.01. The fourth-order valence-corrected chi connectivity index (χ4v) is 3.06. The van der Waals surface area contributed by atoms with E-state index in [4.69, 9.17) is 5.73 Å². The van der Waals surface area contributed by atoms with Crippen molar-refractivity contribution in [1.82, 2.24) is 0 Å². The van der Waals surface area contributed by atoms with Gasteiger partial charge >= 0.3 is 0 Å². The summed E-state index contributed by atoms with van der Waals surface area (Å²) in [5.41, 5.74) is 7.63. The van der Waals surface area contributed by atoms with Gasteiger partial charge in [0.2, 0.25) is 5.91 Å². The van der Waals surface area contributed by atoms with Crippen molar-refractivity contribution >= 4 is 5.91 Å². The van der Waals surface area contributed by atoms with E-state index in [-0.39, 0.29) is 17.9 Å². The van der Waals surface area contributed by atoms with Gasteiger partial charge in [0.1, 0.15) is 0 Å². The van der Waals surface area contributed by atoms with Gasteiger partial charge in [0, 0.05) is 5.57 Å². The Kier molecular flexibility index (Phi) is 6.00. The lowest BCUT2D eigenvalue weighted by Gasteiger charge is -2.26.